The minimum atomic E-state index is -0.0591. The molecule has 0 unspecified atom stereocenters. The summed E-state index contributed by atoms with van der Waals surface area (Å²) in [6, 6.07) is 7.37. The van der Waals surface area contributed by atoms with Crippen LogP contribution in [0.2, 0.25) is 0 Å². The first-order chi connectivity index (χ1) is 11.6. The van der Waals surface area contributed by atoms with Crippen molar-refractivity contribution in [2.24, 2.45) is 0 Å². The van der Waals surface area contributed by atoms with Crippen molar-refractivity contribution in [3.63, 3.8) is 0 Å². The summed E-state index contributed by atoms with van der Waals surface area (Å²) in [6.07, 6.45) is 0.757. The van der Waals surface area contributed by atoms with Crippen LogP contribution in [-0.2, 0) is 16.1 Å². The van der Waals surface area contributed by atoms with Gasteiger partial charge >= 0.3 is 0 Å². The lowest BCUT2D eigenvalue weighted by atomic mass is 10.2. The van der Waals surface area contributed by atoms with Gasteiger partial charge in [0.25, 0.3) is 5.56 Å². The number of thioether (sulfide) groups is 1. The zero-order valence-electron chi connectivity index (χ0n) is 14.1. The number of fused-ring (bicyclic) bond motifs is 1. The molecule has 0 bridgehead atoms. The number of carbonyl (C=O) groups excluding carboxylic acids is 1. The quantitative estimate of drug-likeness (QED) is 0.426. The van der Waals surface area contributed by atoms with Crippen LogP contribution in [0.15, 0.2) is 34.2 Å². The number of rotatable bonds is 9. The molecular weight excluding hydrogens is 326 g/mol. The first-order valence-corrected chi connectivity index (χ1v) is 9.06. The molecule has 24 heavy (non-hydrogen) atoms. The minimum Gasteiger partial charge on any atom is -0.382 e. The SMILES string of the molecule is CCOCCCn1c(SCCNC(C)=O)nc2ccccc2c1=O. The van der Waals surface area contributed by atoms with Gasteiger partial charge in [-0.15, -0.1) is 0 Å². The normalized spacial score (nSPS) is 10.9. The molecule has 1 heterocycles. The van der Waals surface area contributed by atoms with Crippen LogP contribution in [0.5, 0.6) is 0 Å². The number of hydrogen-bond donors (Lipinski definition) is 1. The van der Waals surface area contributed by atoms with Crippen LogP contribution in [0.25, 0.3) is 10.9 Å². The van der Waals surface area contributed by atoms with Crippen molar-refractivity contribution < 1.29 is 9.53 Å². The predicted molar refractivity (Wildman–Crippen MR) is 96.5 cm³/mol. The van der Waals surface area contributed by atoms with Gasteiger partial charge < -0.3 is 10.1 Å². The maximum absolute atomic E-state index is 12.8. The number of benzene rings is 1. The fourth-order valence-corrected chi connectivity index (χ4v) is 3.17. The van der Waals surface area contributed by atoms with Crippen LogP contribution >= 0.6 is 11.8 Å². The van der Waals surface area contributed by atoms with Crippen molar-refractivity contribution >= 4 is 28.6 Å². The van der Waals surface area contributed by atoms with Crippen molar-refractivity contribution in [3.8, 4) is 0 Å². The van der Waals surface area contributed by atoms with Crippen molar-refractivity contribution in [1.29, 1.82) is 0 Å². The predicted octanol–water partition coefficient (Wildman–Crippen LogP) is 2.05. The minimum absolute atomic E-state index is 0.0286. The molecule has 0 saturated carbocycles. The Morgan fingerprint density at radius 1 is 1.38 bits per heavy atom. The number of nitrogens with one attached hydrogen (secondary N) is 1. The van der Waals surface area contributed by atoms with Crippen LogP contribution in [0.3, 0.4) is 0 Å². The Morgan fingerprint density at radius 2 is 2.17 bits per heavy atom. The van der Waals surface area contributed by atoms with E-state index >= 15 is 0 Å². The Labute approximate surface area is 145 Å². The van der Waals surface area contributed by atoms with E-state index in [1.807, 2.05) is 25.1 Å². The lowest BCUT2D eigenvalue weighted by Crippen LogP contribution is -2.25. The highest BCUT2D eigenvalue weighted by Gasteiger charge is 2.11. The number of carbonyl (C=O) groups is 1. The molecule has 0 fully saturated rings. The molecule has 1 N–H and O–H groups in total. The van der Waals surface area contributed by atoms with Gasteiger partial charge in [0.1, 0.15) is 0 Å². The maximum Gasteiger partial charge on any atom is 0.262 e. The smallest absolute Gasteiger partial charge is 0.262 e. The van der Waals surface area contributed by atoms with Crippen LogP contribution in [0.1, 0.15) is 20.3 Å². The molecule has 1 amide bonds. The fraction of sp³-hybridized carbons (Fsp3) is 0.471. The van der Waals surface area contributed by atoms with Crippen LogP contribution in [0.4, 0.5) is 0 Å². The Morgan fingerprint density at radius 3 is 2.92 bits per heavy atom. The second-order valence-corrected chi connectivity index (χ2v) is 6.31. The molecule has 0 radical (unpaired) electrons. The standard InChI is InChI=1S/C17H23N3O3S/c1-3-23-11-6-10-20-16(22)14-7-4-5-8-15(14)19-17(20)24-12-9-18-13(2)21/h4-5,7-8H,3,6,9-12H2,1-2H3,(H,18,21). The lowest BCUT2D eigenvalue weighted by Gasteiger charge is -2.13. The molecule has 0 aliphatic carbocycles. The molecule has 0 aliphatic rings. The van der Waals surface area contributed by atoms with Gasteiger partial charge in [-0.1, -0.05) is 23.9 Å². The number of amides is 1. The molecule has 0 saturated heterocycles. The highest BCUT2D eigenvalue weighted by molar-refractivity contribution is 7.99. The second-order valence-electron chi connectivity index (χ2n) is 5.25. The monoisotopic (exact) mass is 349 g/mol. The number of ether oxygens (including phenoxy) is 1. The summed E-state index contributed by atoms with van der Waals surface area (Å²) >= 11 is 1.48. The first-order valence-electron chi connectivity index (χ1n) is 8.08. The van der Waals surface area contributed by atoms with Gasteiger partial charge in [0.05, 0.1) is 10.9 Å². The Balaban J connectivity index is 2.21. The largest absolute Gasteiger partial charge is 0.382 e. The molecule has 0 spiro atoms. The zero-order valence-corrected chi connectivity index (χ0v) is 14.9. The highest BCUT2D eigenvalue weighted by Crippen LogP contribution is 2.17. The van der Waals surface area contributed by atoms with Crippen LogP contribution in [0, 0.1) is 0 Å². The van der Waals surface area contributed by atoms with Crippen molar-refractivity contribution in [2.75, 3.05) is 25.5 Å². The van der Waals surface area contributed by atoms with Gasteiger partial charge in [-0.2, -0.15) is 0 Å². The van der Waals surface area contributed by atoms with E-state index in [1.165, 1.54) is 18.7 Å². The van der Waals surface area contributed by atoms with E-state index in [4.69, 9.17) is 4.74 Å². The average molecular weight is 349 g/mol. The summed E-state index contributed by atoms with van der Waals surface area (Å²) < 4.78 is 7.07. The van der Waals surface area contributed by atoms with Gasteiger partial charge in [0.15, 0.2) is 5.16 Å². The molecule has 1 aromatic heterocycles. The number of para-hydroxylation sites is 1. The van der Waals surface area contributed by atoms with Crippen molar-refractivity contribution in [3.05, 3.63) is 34.6 Å². The van der Waals surface area contributed by atoms with Crippen molar-refractivity contribution in [1.82, 2.24) is 14.9 Å². The van der Waals surface area contributed by atoms with Gasteiger partial charge in [-0.25, -0.2) is 4.98 Å². The molecule has 6 nitrogen and oxygen atoms in total. The highest BCUT2D eigenvalue weighted by atomic mass is 32.2. The Kier molecular flexibility index (Phi) is 7.27. The summed E-state index contributed by atoms with van der Waals surface area (Å²) in [4.78, 5) is 28.3. The maximum atomic E-state index is 12.8. The Hall–Kier alpha value is -1.86. The third-order valence-electron chi connectivity index (χ3n) is 3.41. The number of nitrogens with zero attached hydrogens (tertiary/aromatic N) is 2. The molecule has 2 rings (SSSR count). The van der Waals surface area contributed by atoms with Gasteiger partial charge in [-0.3, -0.25) is 14.2 Å². The summed E-state index contributed by atoms with van der Waals surface area (Å²) in [5, 5.41) is 4.06. The average Bonchev–Trinajstić information content (AvgIpc) is 2.57. The number of aromatic nitrogens is 2. The van der Waals surface area contributed by atoms with Gasteiger partial charge in [0.2, 0.25) is 5.91 Å². The summed E-state index contributed by atoms with van der Waals surface area (Å²) in [5.74, 6) is 0.603. The van der Waals surface area contributed by atoms with E-state index in [0.717, 1.165) is 6.42 Å². The zero-order chi connectivity index (χ0) is 17.4. The summed E-state index contributed by atoms with van der Waals surface area (Å²) in [7, 11) is 0. The van der Waals surface area contributed by atoms with E-state index < -0.39 is 0 Å². The van der Waals surface area contributed by atoms with Crippen LogP contribution < -0.4 is 10.9 Å². The fourth-order valence-electron chi connectivity index (χ4n) is 2.29. The third-order valence-corrected chi connectivity index (χ3v) is 4.39. The van der Waals surface area contributed by atoms with Gasteiger partial charge in [0, 0.05) is 39.0 Å². The molecule has 2 aromatic rings. The van der Waals surface area contributed by atoms with E-state index in [0.29, 0.717) is 48.1 Å². The van der Waals surface area contributed by atoms with Crippen molar-refractivity contribution in [2.45, 2.75) is 32.0 Å². The molecule has 7 heteroatoms. The van der Waals surface area contributed by atoms with Crippen LogP contribution in [-0.4, -0.2) is 41.0 Å². The Bertz CT molecular complexity index is 745. The topological polar surface area (TPSA) is 73.2 Å². The number of hydrogen-bond acceptors (Lipinski definition) is 5. The van der Waals surface area contributed by atoms with E-state index in [9.17, 15) is 9.59 Å². The van der Waals surface area contributed by atoms with E-state index in [2.05, 4.69) is 10.3 Å². The molecule has 0 aliphatic heterocycles. The lowest BCUT2D eigenvalue weighted by molar-refractivity contribution is -0.118. The molecule has 0 atom stereocenters. The van der Waals surface area contributed by atoms with Gasteiger partial charge in [-0.05, 0) is 25.5 Å². The van der Waals surface area contributed by atoms with E-state index in [-0.39, 0.29) is 11.5 Å². The first kappa shape index (κ1) is 18.5. The summed E-state index contributed by atoms with van der Waals surface area (Å²) in [5.41, 5.74) is 0.671. The third kappa shape index (κ3) is 5.07. The molecule has 130 valence electrons. The summed E-state index contributed by atoms with van der Waals surface area (Å²) in [6.45, 7) is 5.84. The second kappa shape index (κ2) is 9.44. The molecule has 1 aromatic carbocycles. The van der Waals surface area contributed by atoms with E-state index in [1.54, 1.807) is 10.6 Å². The molecular formula is C17H23N3O3S.